The van der Waals surface area contributed by atoms with Crippen molar-refractivity contribution in [3.8, 4) is 11.3 Å². The maximum Gasteiger partial charge on any atom is 0.139 e. The van der Waals surface area contributed by atoms with Crippen molar-refractivity contribution in [2.24, 2.45) is 0 Å². The van der Waals surface area contributed by atoms with Crippen molar-refractivity contribution in [2.75, 3.05) is 0 Å². The lowest BCUT2D eigenvalue weighted by Crippen LogP contribution is -2.06. The van der Waals surface area contributed by atoms with Crippen LogP contribution in [0.1, 0.15) is 35.9 Å². The zero-order valence-electron chi connectivity index (χ0n) is 12.3. The second-order valence-corrected chi connectivity index (χ2v) is 8.76. The van der Waals surface area contributed by atoms with E-state index in [1.165, 1.54) is 30.6 Å². The third-order valence-electron chi connectivity index (χ3n) is 3.98. The van der Waals surface area contributed by atoms with Crippen LogP contribution in [0.25, 0.3) is 11.3 Å². The van der Waals surface area contributed by atoms with Gasteiger partial charge in [0.1, 0.15) is 21.0 Å². The highest BCUT2D eigenvalue weighted by Crippen LogP contribution is 2.38. The van der Waals surface area contributed by atoms with Crippen LogP contribution in [0.5, 0.6) is 0 Å². The van der Waals surface area contributed by atoms with Crippen LogP contribution in [0.4, 0.5) is 0 Å². The fraction of sp³-hybridized carbons (Fsp3) is 0.400. The van der Waals surface area contributed by atoms with Crippen LogP contribution in [0.3, 0.4) is 0 Å². The van der Waals surface area contributed by atoms with Gasteiger partial charge in [0.05, 0.1) is 16.5 Å². The van der Waals surface area contributed by atoms with E-state index in [-0.39, 0.29) is 0 Å². The van der Waals surface area contributed by atoms with Gasteiger partial charge in [0.2, 0.25) is 0 Å². The van der Waals surface area contributed by atoms with E-state index in [1.54, 1.807) is 11.3 Å². The van der Waals surface area contributed by atoms with Gasteiger partial charge in [-0.25, -0.2) is 4.98 Å². The number of hydrogen-bond donors (Lipinski definition) is 0. The summed E-state index contributed by atoms with van der Waals surface area (Å²) in [4.78, 5) is 4.70. The minimum atomic E-state index is 0.683. The second-order valence-electron chi connectivity index (χ2n) is 5.54. The molecule has 120 valence electrons. The molecule has 0 atom stereocenters. The van der Waals surface area contributed by atoms with E-state index in [0.29, 0.717) is 15.1 Å². The average molecular weight is 385 g/mol. The van der Waals surface area contributed by atoms with Crippen LogP contribution in [0, 0.1) is 0 Å². The molecule has 0 saturated heterocycles. The monoisotopic (exact) mass is 384 g/mol. The molecule has 8 heteroatoms. The lowest BCUT2D eigenvalue weighted by molar-refractivity contribution is 0.611. The maximum absolute atomic E-state index is 6.22. The molecule has 0 spiro atoms. The van der Waals surface area contributed by atoms with Gasteiger partial charge in [-0.3, -0.25) is 0 Å². The molecule has 3 aromatic rings. The third-order valence-corrected chi connectivity index (χ3v) is 6.32. The largest absolute Gasteiger partial charge is 0.315 e. The zero-order chi connectivity index (χ0) is 15.8. The Bertz CT molecular complexity index is 837. The minimum absolute atomic E-state index is 0.683. The van der Waals surface area contributed by atoms with E-state index in [1.807, 2.05) is 11.4 Å². The van der Waals surface area contributed by atoms with E-state index >= 15 is 0 Å². The fourth-order valence-electron chi connectivity index (χ4n) is 2.84. The van der Waals surface area contributed by atoms with Gasteiger partial charge in [0, 0.05) is 23.9 Å². The molecule has 0 N–H and O–H groups in total. The molecule has 0 aliphatic carbocycles. The quantitative estimate of drug-likeness (QED) is 0.631. The predicted molar refractivity (Wildman–Crippen MR) is 95.8 cm³/mol. The second kappa shape index (κ2) is 6.51. The van der Waals surface area contributed by atoms with Crippen molar-refractivity contribution in [2.45, 2.75) is 38.6 Å². The van der Waals surface area contributed by atoms with E-state index < -0.39 is 0 Å². The molecule has 0 amide bonds. The van der Waals surface area contributed by atoms with Crippen LogP contribution in [-0.2, 0) is 19.4 Å². The van der Waals surface area contributed by atoms with Gasteiger partial charge >= 0.3 is 0 Å². The number of aromatic nitrogens is 4. The molecule has 23 heavy (non-hydrogen) atoms. The summed E-state index contributed by atoms with van der Waals surface area (Å²) in [6, 6.07) is 1.87. The van der Waals surface area contributed by atoms with Gasteiger partial charge in [-0.1, -0.05) is 29.6 Å². The van der Waals surface area contributed by atoms with Crippen LogP contribution in [0.15, 0.2) is 11.4 Å². The normalized spacial score (nSPS) is 14.7. The standard InChI is InChI=1S/C15H14Cl2N4S2/c16-11-6-9(15(17)23-11)10-8-22-14(18-10)7-13-20-19-12-4-2-1-3-5-21(12)13/h6,8H,1-5,7H2. The summed E-state index contributed by atoms with van der Waals surface area (Å²) in [5, 5.41) is 11.8. The molecule has 0 fully saturated rings. The van der Waals surface area contributed by atoms with Crippen molar-refractivity contribution in [1.29, 1.82) is 0 Å². The molecular formula is C15H14Cl2N4S2. The number of fused-ring (bicyclic) bond motifs is 1. The summed E-state index contributed by atoms with van der Waals surface area (Å²) in [6.45, 7) is 1.02. The molecule has 3 aromatic heterocycles. The number of rotatable bonds is 3. The summed E-state index contributed by atoms with van der Waals surface area (Å²) in [6.07, 6.45) is 5.41. The number of halogens is 2. The van der Waals surface area contributed by atoms with Crippen molar-refractivity contribution in [3.05, 3.63) is 36.8 Å². The fourth-order valence-corrected chi connectivity index (χ4v) is 5.11. The first-order valence-electron chi connectivity index (χ1n) is 7.51. The molecule has 0 aromatic carbocycles. The Labute approximate surface area is 152 Å². The van der Waals surface area contributed by atoms with E-state index in [4.69, 9.17) is 28.2 Å². The van der Waals surface area contributed by atoms with Gasteiger partial charge in [-0.05, 0) is 18.9 Å². The Hall–Kier alpha value is -0.950. The molecule has 0 unspecified atom stereocenters. The maximum atomic E-state index is 6.22. The Balaban J connectivity index is 1.59. The summed E-state index contributed by atoms with van der Waals surface area (Å²) < 4.78 is 3.63. The van der Waals surface area contributed by atoms with Gasteiger partial charge in [0.25, 0.3) is 0 Å². The van der Waals surface area contributed by atoms with E-state index in [9.17, 15) is 0 Å². The Morgan fingerprint density at radius 2 is 2.09 bits per heavy atom. The van der Waals surface area contributed by atoms with Crippen molar-refractivity contribution >= 4 is 45.9 Å². The molecule has 1 aliphatic rings. The summed E-state index contributed by atoms with van der Waals surface area (Å²) in [5.41, 5.74) is 1.79. The first-order chi connectivity index (χ1) is 11.2. The summed E-state index contributed by atoms with van der Waals surface area (Å²) in [7, 11) is 0. The van der Waals surface area contributed by atoms with Crippen LogP contribution in [0.2, 0.25) is 8.67 Å². The highest BCUT2D eigenvalue weighted by molar-refractivity contribution is 7.20. The van der Waals surface area contributed by atoms with Gasteiger partial charge in [-0.15, -0.1) is 32.9 Å². The average Bonchev–Trinajstić information content (AvgIpc) is 3.16. The molecule has 4 rings (SSSR count). The molecule has 1 aliphatic heterocycles. The lowest BCUT2D eigenvalue weighted by atomic mass is 10.2. The highest BCUT2D eigenvalue weighted by atomic mass is 35.5. The molecule has 4 nitrogen and oxygen atoms in total. The smallest absolute Gasteiger partial charge is 0.139 e. The summed E-state index contributed by atoms with van der Waals surface area (Å²) >= 11 is 15.2. The summed E-state index contributed by atoms with van der Waals surface area (Å²) in [5.74, 6) is 2.12. The topological polar surface area (TPSA) is 43.6 Å². The predicted octanol–water partition coefficient (Wildman–Crippen LogP) is 5.09. The van der Waals surface area contributed by atoms with E-state index in [0.717, 1.165) is 40.9 Å². The molecular weight excluding hydrogens is 371 g/mol. The SMILES string of the molecule is Clc1cc(-c2csc(Cc3nnc4n3CCCCC4)n2)c(Cl)s1. The first-order valence-corrected chi connectivity index (χ1v) is 9.96. The number of thiazole rings is 1. The van der Waals surface area contributed by atoms with Gasteiger partial charge < -0.3 is 4.57 Å². The van der Waals surface area contributed by atoms with Crippen LogP contribution < -0.4 is 0 Å². The molecule has 0 bridgehead atoms. The van der Waals surface area contributed by atoms with Gasteiger partial charge in [-0.2, -0.15) is 0 Å². The Morgan fingerprint density at radius 3 is 2.91 bits per heavy atom. The molecule has 0 radical (unpaired) electrons. The van der Waals surface area contributed by atoms with Crippen molar-refractivity contribution < 1.29 is 0 Å². The third kappa shape index (κ3) is 3.18. The van der Waals surface area contributed by atoms with Crippen LogP contribution in [-0.4, -0.2) is 19.7 Å². The first kappa shape index (κ1) is 15.6. The van der Waals surface area contributed by atoms with Crippen LogP contribution >= 0.6 is 45.9 Å². The highest BCUT2D eigenvalue weighted by Gasteiger charge is 2.17. The molecule has 0 saturated carbocycles. The minimum Gasteiger partial charge on any atom is -0.315 e. The Kier molecular flexibility index (Phi) is 4.41. The van der Waals surface area contributed by atoms with Crippen molar-refractivity contribution in [3.63, 3.8) is 0 Å². The molecule has 4 heterocycles. The Morgan fingerprint density at radius 1 is 1.17 bits per heavy atom. The van der Waals surface area contributed by atoms with E-state index in [2.05, 4.69) is 14.8 Å². The zero-order valence-corrected chi connectivity index (χ0v) is 15.4. The van der Waals surface area contributed by atoms with Gasteiger partial charge in [0.15, 0.2) is 0 Å². The number of aryl methyl sites for hydroxylation is 1. The number of hydrogen-bond acceptors (Lipinski definition) is 5. The lowest BCUT2D eigenvalue weighted by Gasteiger charge is -2.05. The number of nitrogens with zero attached hydrogens (tertiary/aromatic N) is 4. The van der Waals surface area contributed by atoms with Crippen molar-refractivity contribution in [1.82, 2.24) is 19.7 Å². The number of thiophene rings is 1.